The van der Waals surface area contributed by atoms with Gasteiger partial charge in [-0.25, -0.2) is 4.68 Å². The van der Waals surface area contributed by atoms with Gasteiger partial charge in [0.25, 0.3) is 0 Å². The van der Waals surface area contributed by atoms with Crippen LogP contribution in [0.5, 0.6) is 5.75 Å². The van der Waals surface area contributed by atoms with E-state index in [1.165, 1.54) is 5.56 Å². The van der Waals surface area contributed by atoms with E-state index in [2.05, 4.69) is 23.3 Å². The summed E-state index contributed by atoms with van der Waals surface area (Å²) in [6.07, 6.45) is 1.68. The van der Waals surface area contributed by atoms with Crippen molar-refractivity contribution in [1.82, 2.24) is 15.0 Å². The number of aryl methyl sites for hydroxylation is 1. The van der Waals surface area contributed by atoms with Crippen LogP contribution in [0.2, 0.25) is 0 Å². The fourth-order valence-electron chi connectivity index (χ4n) is 1.98. The summed E-state index contributed by atoms with van der Waals surface area (Å²) >= 11 is 0. The number of benzene rings is 1. The molecule has 0 aliphatic heterocycles. The summed E-state index contributed by atoms with van der Waals surface area (Å²) in [4.78, 5) is 11.0. The van der Waals surface area contributed by atoms with Crippen molar-refractivity contribution < 1.29 is 9.53 Å². The van der Waals surface area contributed by atoms with Gasteiger partial charge in [0.2, 0.25) is 0 Å². The zero-order chi connectivity index (χ0) is 14.5. The summed E-state index contributed by atoms with van der Waals surface area (Å²) in [7, 11) is 0. The minimum Gasteiger partial charge on any atom is -0.487 e. The van der Waals surface area contributed by atoms with Crippen molar-refractivity contribution in [3.05, 3.63) is 41.2 Å². The highest BCUT2D eigenvalue weighted by atomic mass is 16.5. The van der Waals surface area contributed by atoms with Crippen molar-refractivity contribution in [3.63, 3.8) is 0 Å². The Morgan fingerprint density at radius 3 is 2.85 bits per heavy atom. The third-order valence-corrected chi connectivity index (χ3v) is 3.10. The van der Waals surface area contributed by atoms with Gasteiger partial charge in [-0.1, -0.05) is 24.3 Å². The van der Waals surface area contributed by atoms with E-state index in [0.717, 1.165) is 12.2 Å². The highest BCUT2D eigenvalue weighted by Crippen LogP contribution is 2.17. The number of hydrogen-bond acceptors (Lipinski definition) is 4. The maximum atomic E-state index is 11.0. The van der Waals surface area contributed by atoms with Gasteiger partial charge in [0.15, 0.2) is 12.0 Å². The molecule has 1 heterocycles. The first-order valence-corrected chi connectivity index (χ1v) is 6.76. The number of carbonyl (C=O) groups excluding carboxylic acids is 1. The molecule has 1 aromatic heterocycles. The van der Waals surface area contributed by atoms with Crippen LogP contribution < -0.4 is 4.74 Å². The van der Waals surface area contributed by atoms with E-state index in [0.29, 0.717) is 17.7 Å². The molecule has 0 fully saturated rings. The Hall–Kier alpha value is -2.17. The highest BCUT2D eigenvalue weighted by Gasteiger charge is 2.15. The third-order valence-electron chi connectivity index (χ3n) is 3.10. The van der Waals surface area contributed by atoms with Crippen LogP contribution >= 0.6 is 0 Å². The van der Waals surface area contributed by atoms with Gasteiger partial charge in [-0.05, 0) is 38.0 Å². The molecule has 2 aromatic rings. The smallest absolute Gasteiger partial charge is 0.172 e. The average Bonchev–Trinajstić information content (AvgIpc) is 2.88. The molecule has 0 amide bonds. The third kappa shape index (κ3) is 3.04. The Morgan fingerprint density at radius 1 is 1.40 bits per heavy atom. The average molecular weight is 273 g/mol. The normalized spacial score (nSPS) is 10.8. The molecule has 0 atom stereocenters. The van der Waals surface area contributed by atoms with Crippen LogP contribution in [0.1, 0.15) is 48.6 Å². The lowest BCUT2D eigenvalue weighted by Crippen LogP contribution is -2.11. The topological polar surface area (TPSA) is 57.0 Å². The molecule has 106 valence electrons. The van der Waals surface area contributed by atoms with Crippen molar-refractivity contribution in [1.29, 1.82) is 0 Å². The lowest BCUT2D eigenvalue weighted by molar-refractivity contribution is 0.111. The number of hydrogen-bond donors (Lipinski definition) is 0. The summed E-state index contributed by atoms with van der Waals surface area (Å²) in [6, 6.07) is 8.07. The van der Waals surface area contributed by atoms with Crippen LogP contribution in [0.15, 0.2) is 24.3 Å². The van der Waals surface area contributed by atoms with Gasteiger partial charge in [0.05, 0.1) is 0 Å². The maximum absolute atomic E-state index is 11.0. The Kier molecular flexibility index (Phi) is 4.50. The molecule has 20 heavy (non-hydrogen) atoms. The van der Waals surface area contributed by atoms with Crippen LogP contribution in [0.25, 0.3) is 0 Å². The van der Waals surface area contributed by atoms with Gasteiger partial charge in [-0.2, -0.15) is 0 Å². The molecule has 5 heteroatoms. The van der Waals surface area contributed by atoms with Crippen molar-refractivity contribution in [2.24, 2.45) is 0 Å². The highest BCUT2D eigenvalue weighted by molar-refractivity contribution is 5.73. The van der Waals surface area contributed by atoms with Crippen LogP contribution in [-0.2, 0) is 13.0 Å². The SMILES string of the molecule is CCc1cccc(OCc2c(C=O)nnn2C(C)C)c1. The van der Waals surface area contributed by atoms with Crippen molar-refractivity contribution >= 4 is 6.29 Å². The molecular weight excluding hydrogens is 254 g/mol. The van der Waals surface area contributed by atoms with E-state index in [-0.39, 0.29) is 12.6 Å². The number of ether oxygens (including phenoxy) is 1. The minimum absolute atomic E-state index is 0.136. The monoisotopic (exact) mass is 273 g/mol. The molecule has 0 radical (unpaired) electrons. The first kappa shape index (κ1) is 14.2. The van der Waals surface area contributed by atoms with Gasteiger partial charge < -0.3 is 4.74 Å². The Morgan fingerprint density at radius 2 is 2.20 bits per heavy atom. The number of aldehydes is 1. The second-order valence-corrected chi connectivity index (χ2v) is 4.87. The number of aromatic nitrogens is 3. The lowest BCUT2D eigenvalue weighted by atomic mass is 10.2. The Labute approximate surface area is 118 Å². The number of rotatable bonds is 6. The molecule has 5 nitrogen and oxygen atoms in total. The van der Waals surface area contributed by atoms with E-state index in [1.807, 2.05) is 32.0 Å². The molecule has 0 saturated carbocycles. The molecule has 0 N–H and O–H groups in total. The van der Waals surface area contributed by atoms with E-state index in [9.17, 15) is 4.79 Å². The fraction of sp³-hybridized carbons (Fsp3) is 0.400. The second kappa shape index (κ2) is 6.32. The van der Waals surface area contributed by atoms with E-state index < -0.39 is 0 Å². The van der Waals surface area contributed by atoms with E-state index in [1.54, 1.807) is 4.68 Å². The minimum atomic E-state index is 0.136. The zero-order valence-electron chi connectivity index (χ0n) is 12.0. The molecule has 0 aliphatic carbocycles. The predicted octanol–water partition coefficient (Wildman–Crippen LogP) is 2.81. The Bertz CT molecular complexity index is 591. The van der Waals surface area contributed by atoms with Crippen LogP contribution in [0.4, 0.5) is 0 Å². The van der Waals surface area contributed by atoms with Crippen LogP contribution in [-0.4, -0.2) is 21.3 Å². The second-order valence-electron chi connectivity index (χ2n) is 4.87. The number of nitrogens with zero attached hydrogens (tertiary/aromatic N) is 3. The largest absolute Gasteiger partial charge is 0.487 e. The van der Waals surface area contributed by atoms with Crippen LogP contribution in [0, 0.1) is 0 Å². The van der Waals surface area contributed by atoms with Gasteiger partial charge in [-0.3, -0.25) is 4.79 Å². The molecule has 2 rings (SSSR count). The molecule has 0 saturated heterocycles. The van der Waals surface area contributed by atoms with Gasteiger partial charge in [0.1, 0.15) is 18.1 Å². The van der Waals surface area contributed by atoms with Crippen LogP contribution in [0.3, 0.4) is 0 Å². The standard InChI is InChI=1S/C15H19N3O2/c1-4-12-6-5-7-13(8-12)20-10-15-14(9-19)16-17-18(15)11(2)3/h5-9,11H,4,10H2,1-3H3. The summed E-state index contributed by atoms with van der Waals surface area (Å²) in [5, 5.41) is 7.85. The van der Waals surface area contributed by atoms with Gasteiger partial charge >= 0.3 is 0 Å². The first-order valence-electron chi connectivity index (χ1n) is 6.76. The predicted molar refractivity (Wildman–Crippen MR) is 75.9 cm³/mol. The van der Waals surface area contributed by atoms with E-state index in [4.69, 9.17) is 4.74 Å². The maximum Gasteiger partial charge on any atom is 0.172 e. The summed E-state index contributed by atoms with van der Waals surface area (Å²) < 4.78 is 7.48. The van der Waals surface area contributed by atoms with Gasteiger partial charge in [0, 0.05) is 6.04 Å². The fourth-order valence-corrected chi connectivity index (χ4v) is 1.98. The Balaban J connectivity index is 2.17. The quantitative estimate of drug-likeness (QED) is 0.759. The molecule has 0 aliphatic rings. The summed E-state index contributed by atoms with van der Waals surface area (Å²) in [5.41, 5.74) is 2.26. The van der Waals surface area contributed by atoms with Crippen molar-refractivity contribution in [2.45, 2.75) is 39.8 Å². The lowest BCUT2D eigenvalue weighted by Gasteiger charge is -2.11. The van der Waals surface area contributed by atoms with Crippen molar-refractivity contribution in [2.75, 3.05) is 0 Å². The van der Waals surface area contributed by atoms with E-state index >= 15 is 0 Å². The summed E-state index contributed by atoms with van der Waals surface area (Å²) in [6.45, 7) is 6.36. The number of carbonyl (C=O) groups is 1. The zero-order valence-corrected chi connectivity index (χ0v) is 12.0. The molecule has 0 bridgehead atoms. The molecule has 0 unspecified atom stereocenters. The van der Waals surface area contributed by atoms with Crippen molar-refractivity contribution in [3.8, 4) is 5.75 Å². The first-order chi connectivity index (χ1) is 9.65. The summed E-state index contributed by atoms with van der Waals surface area (Å²) in [5.74, 6) is 0.790. The van der Waals surface area contributed by atoms with Gasteiger partial charge in [-0.15, -0.1) is 5.10 Å². The molecule has 0 spiro atoms. The molecular formula is C15H19N3O2. The molecule has 1 aromatic carbocycles.